The van der Waals surface area contributed by atoms with Gasteiger partial charge >= 0.3 is 0 Å². The highest BCUT2D eigenvalue weighted by Gasteiger charge is 2.52. The van der Waals surface area contributed by atoms with Crippen molar-refractivity contribution in [1.29, 1.82) is 0 Å². The molecule has 1 aromatic carbocycles. The molecule has 1 amide bonds. The molecule has 0 spiro atoms. The van der Waals surface area contributed by atoms with E-state index in [0.29, 0.717) is 17.8 Å². The van der Waals surface area contributed by atoms with Crippen LogP contribution in [0.3, 0.4) is 0 Å². The predicted octanol–water partition coefficient (Wildman–Crippen LogP) is 2.11. The summed E-state index contributed by atoms with van der Waals surface area (Å²) >= 11 is 0. The SMILES string of the molecule is Cc1ccc(S(=O)(=O)NC(C(=O)NC23CC4CC(CC(C4)C2)C3)C(C)O)cc1. The van der Waals surface area contributed by atoms with Gasteiger partial charge in [0.05, 0.1) is 11.0 Å². The number of carbonyl (C=O) groups is 1. The minimum absolute atomic E-state index is 0.0892. The molecule has 4 saturated carbocycles. The summed E-state index contributed by atoms with van der Waals surface area (Å²) in [5, 5.41) is 13.3. The highest BCUT2D eigenvalue weighted by Crippen LogP contribution is 2.55. The van der Waals surface area contributed by atoms with Crippen molar-refractivity contribution in [2.24, 2.45) is 17.8 Å². The Kier molecular flexibility index (Phi) is 5.04. The van der Waals surface area contributed by atoms with Gasteiger partial charge in [-0.3, -0.25) is 4.79 Å². The molecule has 0 aliphatic heterocycles. The molecule has 0 aromatic heterocycles. The number of aliphatic hydroxyl groups is 1. The second-order valence-electron chi connectivity index (χ2n) is 9.34. The lowest BCUT2D eigenvalue weighted by Crippen LogP contribution is -2.64. The number of nitrogens with one attached hydrogen (secondary N) is 2. The minimum Gasteiger partial charge on any atom is -0.391 e. The first-order chi connectivity index (χ1) is 13.2. The van der Waals surface area contributed by atoms with Gasteiger partial charge in [0.1, 0.15) is 6.04 Å². The van der Waals surface area contributed by atoms with Gasteiger partial charge in [-0.2, -0.15) is 4.72 Å². The van der Waals surface area contributed by atoms with Crippen molar-refractivity contribution in [3.8, 4) is 0 Å². The Labute approximate surface area is 167 Å². The number of carbonyl (C=O) groups excluding carboxylic acids is 1. The molecule has 0 heterocycles. The van der Waals surface area contributed by atoms with Crippen molar-refractivity contribution < 1.29 is 18.3 Å². The third-order valence-corrected chi connectivity index (χ3v) is 8.26. The van der Waals surface area contributed by atoms with Gasteiger partial charge in [-0.25, -0.2) is 8.42 Å². The van der Waals surface area contributed by atoms with Gasteiger partial charge in [-0.1, -0.05) is 17.7 Å². The maximum atomic E-state index is 13.0. The van der Waals surface area contributed by atoms with E-state index in [1.165, 1.54) is 38.3 Å². The Morgan fingerprint density at radius 1 is 1.07 bits per heavy atom. The molecule has 28 heavy (non-hydrogen) atoms. The number of benzene rings is 1. The molecule has 0 radical (unpaired) electrons. The van der Waals surface area contributed by atoms with Crippen molar-refractivity contribution in [2.45, 2.75) is 75.0 Å². The summed E-state index contributed by atoms with van der Waals surface area (Å²) in [5.41, 5.74) is 0.722. The van der Waals surface area contributed by atoms with Crippen LogP contribution in [-0.2, 0) is 14.8 Å². The summed E-state index contributed by atoms with van der Waals surface area (Å²) in [5.74, 6) is 1.58. The normalized spacial score (nSPS) is 33.5. The maximum absolute atomic E-state index is 13.0. The molecule has 0 saturated heterocycles. The van der Waals surface area contributed by atoms with Gasteiger partial charge in [0, 0.05) is 5.54 Å². The summed E-state index contributed by atoms with van der Waals surface area (Å²) in [6.45, 7) is 3.32. The van der Waals surface area contributed by atoms with E-state index < -0.39 is 28.1 Å². The second kappa shape index (κ2) is 7.11. The van der Waals surface area contributed by atoms with Gasteiger partial charge in [0.2, 0.25) is 15.9 Å². The Morgan fingerprint density at radius 2 is 1.57 bits per heavy atom. The van der Waals surface area contributed by atoms with Crippen LogP contribution in [0.15, 0.2) is 29.2 Å². The van der Waals surface area contributed by atoms with Crippen LogP contribution in [0.25, 0.3) is 0 Å². The van der Waals surface area contributed by atoms with Crippen LogP contribution in [-0.4, -0.2) is 37.1 Å². The van der Waals surface area contributed by atoms with Crippen LogP contribution in [0, 0.1) is 24.7 Å². The third kappa shape index (κ3) is 3.84. The molecular formula is C21H30N2O4S. The molecule has 2 unspecified atom stereocenters. The smallest absolute Gasteiger partial charge is 0.241 e. The average molecular weight is 407 g/mol. The first-order valence-electron chi connectivity index (χ1n) is 10.2. The number of amides is 1. The standard InChI is InChI=1S/C21H30N2O4S/c1-13-3-5-18(6-4-13)28(26,27)23-19(14(2)24)20(25)22-21-10-15-7-16(11-21)9-17(8-15)12-21/h3-6,14-17,19,23-24H,7-12H2,1-2H3,(H,22,25). The van der Waals surface area contributed by atoms with Crippen molar-refractivity contribution >= 4 is 15.9 Å². The van der Waals surface area contributed by atoms with E-state index in [-0.39, 0.29) is 10.4 Å². The number of aliphatic hydroxyl groups excluding tert-OH is 1. The molecular weight excluding hydrogens is 376 g/mol. The van der Waals surface area contributed by atoms with Crippen LogP contribution in [0.2, 0.25) is 0 Å². The summed E-state index contributed by atoms with van der Waals surface area (Å²) in [4.78, 5) is 13.1. The first-order valence-corrected chi connectivity index (χ1v) is 11.7. The van der Waals surface area contributed by atoms with Crippen LogP contribution in [0.4, 0.5) is 0 Å². The summed E-state index contributed by atoms with van der Waals surface area (Å²) in [7, 11) is -3.90. The molecule has 7 heteroatoms. The lowest BCUT2D eigenvalue weighted by Gasteiger charge is -2.57. The lowest BCUT2D eigenvalue weighted by molar-refractivity contribution is -0.130. The number of hydrogen-bond donors (Lipinski definition) is 3. The molecule has 6 nitrogen and oxygen atoms in total. The monoisotopic (exact) mass is 406 g/mol. The third-order valence-electron chi connectivity index (χ3n) is 6.80. The van der Waals surface area contributed by atoms with E-state index in [2.05, 4.69) is 10.0 Å². The zero-order valence-electron chi connectivity index (χ0n) is 16.5. The molecule has 4 bridgehead atoms. The van der Waals surface area contributed by atoms with E-state index in [9.17, 15) is 18.3 Å². The second-order valence-corrected chi connectivity index (χ2v) is 11.1. The fourth-order valence-electron chi connectivity index (χ4n) is 5.93. The summed E-state index contributed by atoms with van der Waals surface area (Å²) < 4.78 is 27.9. The molecule has 154 valence electrons. The van der Waals surface area contributed by atoms with Gasteiger partial charge < -0.3 is 10.4 Å². The van der Waals surface area contributed by atoms with Gasteiger partial charge in [-0.15, -0.1) is 0 Å². The van der Waals surface area contributed by atoms with E-state index in [1.807, 2.05) is 6.92 Å². The van der Waals surface area contributed by atoms with Crippen LogP contribution in [0.1, 0.15) is 51.0 Å². The van der Waals surface area contributed by atoms with E-state index in [1.54, 1.807) is 12.1 Å². The highest BCUT2D eigenvalue weighted by molar-refractivity contribution is 7.89. The molecule has 2 atom stereocenters. The molecule has 1 aromatic rings. The van der Waals surface area contributed by atoms with Crippen molar-refractivity contribution in [3.05, 3.63) is 29.8 Å². The predicted molar refractivity (Wildman–Crippen MR) is 106 cm³/mol. The van der Waals surface area contributed by atoms with Gasteiger partial charge in [0.15, 0.2) is 0 Å². The van der Waals surface area contributed by atoms with Crippen LogP contribution < -0.4 is 10.0 Å². The lowest BCUT2D eigenvalue weighted by atomic mass is 9.53. The fraction of sp³-hybridized carbons (Fsp3) is 0.667. The Balaban J connectivity index is 1.50. The summed E-state index contributed by atoms with van der Waals surface area (Å²) in [6, 6.07) is 5.23. The first kappa shape index (κ1) is 19.9. The zero-order chi connectivity index (χ0) is 20.1. The fourth-order valence-corrected chi connectivity index (χ4v) is 7.20. The maximum Gasteiger partial charge on any atom is 0.241 e. The van der Waals surface area contributed by atoms with E-state index in [4.69, 9.17) is 0 Å². The minimum atomic E-state index is -3.90. The largest absolute Gasteiger partial charge is 0.391 e. The topological polar surface area (TPSA) is 95.5 Å². The van der Waals surface area contributed by atoms with Crippen molar-refractivity contribution in [2.75, 3.05) is 0 Å². The molecule has 3 N–H and O–H groups in total. The zero-order valence-corrected chi connectivity index (χ0v) is 17.3. The molecule has 4 aliphatic rings. The number of hydrogen-bond acceptors (Lipinski definition) is 4. The van der Waals surface area contributed by atoms with Crippen molar-refractivity contribution in [1.82, 2.24) is 10.0 Å². The van der Waals surface area contributed by atoms with E-state index in [0.717, 1.165) is 24.8 Å². The number of rotatable bonds is 6. The molecule has 5 rings (SSSR count). The van der Waals surface area contributed by atoms with Crippen molar-refractivity contribution in [3.63, 3.8) is 0 Å². The highest BCUT2D eigenvalue weighted by atomic mass is 32.2. The van der Waals surface area contributed by atoms with Gasteiger partial charge in [-0.05, 0) is 82.3 Å². The summed E-state index contributed by atoms with van der Waals surface area (Å²) in [6.07, 6.45) is 5.57. The van der Waals surface area contributed by atoms with E-state index >= 15 is 0 Å². The Morgan fingerprint density at radius 3 is 2.04 bits per heavy atom. The Hall–Kier alpha value is -1.44. The Bertz CT molecular complexity index is 812. The quantitative estimate of drug-likeness (QED) is 0.674. The van der Waals surface area contributed by atoms with Gasteiger partial charge in [0.25, 0.3) is 0 Å². The average Bonchev–Trinajstić information content (AvgIpc) is 2.58. The van der Waals surface area contributed by atoms with Crippen LogP contribution >= 0.6 is 0 Å². The number of aryl methyl sites for hydroxylation is 1. The number of sulfonamides is 1. The molecule has 4 aliphatic carbocycles. The van der Waals surface area contributed by atoms with Crippen LogP contribution in [0.5, 0.6) is 0 Å². The molecule has 4 fully saturated rings.